The fraction of sp³-hybridized carbons (Fsp3) is 0.935. The third-order valence-electron chi connectivity index (χ3n) is 6.29. The van der Waals surface area contributed by atoms with Crippen molar-refractivity contribution >= 4 is 11.9 Å². The standard InChI is InChI=1S/C26H52O2.C5H10O2/c1-4-7-10-11-12-13-14-15-16-17-18-19-20-21-23-25(22-8-5-2)26(27)28-24-9-6-3;1-4(2)7-5(3)6/h25H,4-24H2,1-3H3;4H,1-3H3. The molecule has 1 atom stereocenters. The summed E-state index contributed by atoms with van der Waals surface area (Å²) < 4.78 is 10.1. The lowest BCUT2D eigenvalue weighted by atomic mass is 9.95. The maximum absolute atomic E-state index is 12.3. The number of esters is 2. The van der Waals surface area contributed by atoms with Crippen molar-refractivity contribution in [2.75, 3.05) is 6.61 Å². The third kappa shape index (κ3) is 30.9. The Morgan fingerprint density at radius 1 is 0.571 bits per heavy atom. The molecule has 0 aliphatic heterocycles. The van der Waals surface area contributed by atoms with Gasteiger partial charge in [-0.15, -0.1) is 0 Å². The highest BCUT2D eigenvalue weighted by Crippen LogP contribution is 2.20. The van der Waals surface area contributed by atoms with Gasteiger partial charge in [0.25, 0.3) is 0 Å². The summed E-state index contributed by atoms with van der Waals surface area (Å²) >= 11 is 0. The predicted molar refractivity (Wildman–Crippen MR) is 151 cm³/mol. The van der Waals surface area contributed by atoms with Crippen LogP contribution in [0.15, 0.2) is 0 Å². The van der Waals surface area contributed by atoms with E-state index in [0.717, 1.165) is 38.5 Å². The smallest absolute Gasteiger partial charge is 0.308 e. The molecule has 1 unspecified atom stereocenters. The van der Waals surface area contributed by atoms with E-state index in [4.69, 9.17) is 4.74 Å². The van der Waals surface area contributed by atoms with Crippen molar-refractivity contribution in [2.24, 2.45) is 5.92 Å². The minimum Gasteiger partial charge on any atom is -0.465 e. The van der Waals surface area contributed by atoms with E-state index in [1.165, 1.54) is 96.8 Å². The van der Waals surface area contributed by atoms with E-state index in [1.54, 1.807) is 0 Å². The Bertz CT molecular complexity index is 447. The number of rotatable bonds is 23. The number of carbonyl (C=O) groups is 2. The molecule has 0 amide bonds. The van der Waals surface area contributed by atoms with Gasteiger partial charge in [-0.25, -0.2) is 0 Å². The lowest BCUT2D eigenvalue weighted by molar-refractivity contribution is -0.149. The largest absolute Gasteiger partial charge is 0.465 e. The van der Waals surface area contributed by atoms with Crippen LogP contribution >= 0.6 is 0 Å². The first-order valence-electron chi connectivity index (χ1n) is 15.2. The number of ether oxygens (including phenoxy) is 2. The SMILES string of the molecule is CC(=O)OC(C)C.CCCCCCCCCCCCCCCCC(CCCC)C(=O)OCCCC. The molecule has 0 aromatic heterocycles. The van der Waals surface area contributed by atoms with Gasteiger partial charge in [0.15, 0.2) is 0 Å². The number of hydrogen-bond acceptors (Lipinski definition) is 4. The molecule has 4 heteroatoms. The Hall–Kier alpha value is -1.06. The summed E-state index contributed by atoms with van der Waals surface area (Å²) in [6.45, 7) is 12.3. The van der Waals surface area contributed by atoms with Crippen LogP contribution in [0, 0.1) is 5.92 Å². The van der Waals surface area contributed by atoms with Crippen molar-refractivity contribution < 1.29 is 19.1 Å². The molecule has 0 aliphatic rings. The maximum atomic E-state index is 12.3. The highest BCUT2D eigenvalue weighted by molar-refractivity contribution is 5.72. The summed E-state index contributed by atoms with van der Waals surface area (Å²) in [4.78, 5) is 22.3. The summed E-state index contributed by atoms with van der Waals surface area (Å²) in [5.74, 6) is 0.000673. The third-order valence-corrected chi connectivity index (χ3v) is 6.29. The second kappa shape index (κ2) is 29.2. The number of hydrogen-bond donors (Lipinski definition) is 0. The van der Waals surface area contributed by atoms with Crippen molar-refractivity contribution in [1.82, 2.24) is 0 Å². The Morgan fingerprint density at radius 3 is 1.34 bits per heavy atom. The highest BCUT2D eigenvalue weighted by atomic mass is 16.5. The van der Waals surface area contributed by atoms with Gasteiger partial charge in [0, 0.05) is 6.92 Å². The predicted octanol–water partition coefficient (Wildman–Crippen LogP) is 9.97. The maximum Gasteiger partial charge on any atom is 0.308 e. The molecule has 0 rings (SSSR count). The fourth-order valence-corrected chi connectivity index (χ4v) is 4.18. The molecule has 0 aromatic rings. The molecule has 0 saturated carbocycles. The molecular weight excluding hydrogens is 436 g/mol. The normalized spacial score (nSPS) is 11.6. The molecule has 0 N–H and O–H groups in total. The minimum absolute atomic E-state index is 0.0255. The Kier molecular flexibility index (Phi) is 30.1. The number of carbonyl (C=O) groups excluding carboxylic acids is 2. The topological polar surface area (TPSA) is 52.6 Å². The van der Waals surface area contributed by atoms with Gasteiger partial charge in [0.05, 0.1) is 18.6 Å². The van der Waals surface area contributed by atoms with Crippen LogP contribution in [-0.4, -0.2) is 24.6 Å². The first kappa shape index (κ1) is 36.1. The van der Waals surface area contributed by atoms with Crippen molar-refractivity contribution in [1.29, 1.82) is 0 Å². The number of unbranched alkanes of at least 4 members (excludes halogenated alkanes) is 15. The van der Waals surface area contributed by atoms with Crippen LogP contribution in [0.5, 0.6) is 0 Å². The summed E-state index contributed by atoms with van der Waals surface area (Å²) in [7, 11) is 0. The van der Waals surface area contributed by atoms with Crippen LogP contribution in [0.1, 0.15) is 170 Å². The summed E-state index contributed by atoms with van der Waals surface area (Å²) in [5.41, 5.74) is 0. The van der Waals surface area contributed by atoms with Gasteiger partial charge in [-0.05, 0) is 33.1 Å². The van der Waals surface area contributed by atoms with Crippen molar-refractivity contribution in [3.8, 4) is 0 Å². The monoisotopic (exact) mass is 498 g/mol. The van der Waals surface area contributed by atoms with Crippen molar-refractivity contribution in [2.45, 2.75) is 176 Å². The summed E-state index contributed by atoms with van der Waals surface area (Å²) in [5, 5.41) is 0. The van der Waals surface area contributed by atoms with Crippen LogP contribution in [0.2, 0.25) is 0 Å². The minimum atomic E-state index is -0.213. The first-order valence-corrected chi connectivity index (χ1v) is 15.2. The molecular formula is C31H62O4. The van der Waals surface area contributed by atoms with E-state index in [1.807, 2.05) is 13.8 Å². The molecule has 0 bridgehead atoms. The van der Waals surface area contributed by atoms with E-state index in [-0.39, 0.29) is 24.0 Å². The van der Waals surface area contributed by atoms with Gasteiger partial charge in [-0.2, -0.15) is 0 Å². The van der Waals surface area contributed by atoms with Gasteiger partial charge in [-0.3, -0.25) is 9.59 Å². The van der Waals surface area contributed by atoms with Crippen LogP contribution in [-0.2, 0) is 19.1 Å². The fourth-order valence-electron chi connectivity index (χ4n) is 4.18. The molecule has 0 fully saturated rings. The van der Waals surface area contributed by atoms with E-state index in [9.17, 15) is 9.59 Å². The van der Waals surface area contributed by atoms with E-state index in [2.05, 4.69) is 25.5 Å². The molecule has 210 valence electrons. The quantitative estimate of drug-likeness (QED) is 0.104. The first-order chi connectivity index (χ1) is 16.9. The second-order valence-electron chi connectivity index (χ2n) is 10.4. The van der Waals surface area contributed by atoms with Crippen molar-refractivity contribution in [3.63, 3.8) is 0 Å². The molecule has 4 nitrogen and oxygen atoms in total. The van der Waals surface area contributed by atoms with Gasteiger partial charge < -0.3 is 9.47 Å². The van der Waals surface area contributed by atoms with Crippen LogP contribution in [0.3, 0.4) is 0 Å². The van der Waals surface area contributed by atoms with Gasteiger partial charge in [0.1, 0.15) is 0 Å². The lowest BCUT2D eigenvalue weighted by Gasteiger charge is -2.15. The highest BCUT2D eigenvalue weighted by Gasteiger charge is 2.18. The van der Waals surface area contributed by atoms with E-state index >= 15 is 0 Å². The van der Waals surface area contributed by atoms with Gasteiger partial charge >= 0.3 is 11.9 Å². The van der Waals surface area contributed by atoms with E-state index in [0.29, 0.717) is 6.61 Å². The Labute approximate surface area is 219 Å². The average Bonchev–Trinajstić information content (AvgIpc) is 2.80. The second-order valence-corrected chi connectivity index (χ2v) is 10.4. The zero-order valence-corrected chi connectivity index (χ0v) is 24.6. The zero-order chi connectivity index (χ0) is 26.6. The summed E-state index contributed by atoms with van der Waals surface area (Å²) in [6, 6.07) is 0. The van der Waals surface area contributed by atoms with Crippen LogP contribution in [0.25, 0.3) is 0 Å². The summed E-state index contributed by atoms with van der Waals surface area (Å²) in [6.07, 6.45) is 25.8. The van der Waals surface area contributed by atoms with E-state index < -0.39 is 0 Å². The molecule has 0 radical (unpaired) electrons. The van der Waals surface area contributed by atoms with Gasteiger partial charge in [0.2, 0.25) is 0 Å². The molecule has 35 heavy (non-hydrogen) atoms. The lowest BCUT2D eigenvalue weighted by Crippen LogP contribution is -2.18. The molecule has 0 spiro atoms. The van der Waals surface area contributed by atoms with Gasteiger partial charge in [-0.1, -0.05) is 130 Å². The Morgan fingerprint density at radius 2 is 0.971 bits per heavy atom. The molecule has 0 heterocycles. The zero-order valence-electron chi connectivity index (χ0n) is 24.6. The van der Waals surface area contributed by atoms with Crippen molar-refractivity contribution in [3.05, 3.63) is 0 Å². The Balaban J connectivity index is 0. The molecule has 0 aliphatic carbocycles. The average molecular weight is 499 g/mol. The van der Waals surface area contributed by atoms with Crippen LogP contribution < -0.4 is 0 Å². The molecule has 0 saturated heterocycles. The molecule has 0 aromatic carbocycles. The van der Waals surface area contributed by atoms with Crippen LogP contribution in [0.4, 0.5) is 0 Å².